The highest BCUT2D eigenvalue weighted by atomic mass is 32.1. The van der Waals surface area contributed by atoms with E-state index in [1.165, 1.54) is 11.3 Å². The van der Waals surface area contributed by atoms with Gasteiger partial charge >= 0.3 is 0 Å². The summed E-state index contributed by atoms with van der Waals surface area (Å²) in [6.07, 6.45) is 7.91. The summed E-state index contributed by atoms with van der Waals surface area (Å²) in [6.45, 7) is 2.95. The van der Waals surface area contributed by atoms with Crippen molar-refractivity contribution < 1.29 is 4.79 Å². The van der Waals surface area contributed by atoms with Crippen LogP contribution in [0.15, 0.2) is 30.2 Å². The molecule has 0 saturated carbocycles. The van der Waals surface area contributed by atoms with E-state index in [1.807, 2.05) is 5.38 Å². The van der Waals surface area contributed by atoms with Gasteiger partial charge in [0.25, 0.3) is 0 Å². The smallest absolute Gasteiger partial charge is 0.247 e. The number of amides is 1. The molecule has 0 aliphatic carbocycles. The zero-order valence-corrected chi connectivity index (χ0v) is 12.8. The van der Waals surface area contributed by atoms with Crippen LogP contribution in [0.4, 0.5) is 5.82 Å². The van der Waals surface area contributed by atoms with E-state index in [2.05, 4.69) is 32.6 Å². The summed E-state index contributed by atoms with van der Waals surface area (Å²) in [5, 5.41) is 17.5. The van der Waals surface area contributed by atoms with Gasteiger partial charge in [-0.15, -0.1) is 16.4 Å². The Bertz CT molecular complexity index is 746. The molecule has 0 bridgehead atoms. The summed E-state index contributed by atoms with van der Waals surface area (Å²) in [7, 11) is 0. The van der Waals surface area contributed by atoms with Gasteiger partial charge in [-0.05, 0) is 6.42 Å². The Kier molecular flexibility index (Phi) is 4.24. The first-order valence-electron chi connectivity index (χ1n) is 6.87. The lowest BCUT2D eigenvalue weighted by Crippen LogP contribution is -2.19. The molecule has 22 heavy (non-hydrogen) atoms. The fourth-order valence-electron chi connectivity index (χ4n) is 1.95. The summed E-state index contributed by atoms with van der Waals surface area (Å²) in [4.78, 5) is 16.2. The van der Waals surface area contributed by atoms with E-state index < -0.39 is 0 Å². The van der Waals surface area contributed by atoms with E-state index in [-0.39, 0.29) is 12.5 Å². The van der Waals surface area contributed by atoms with Crippen molar-refractivity contribution in [1.29, 1.82) is 0 Å². The Hall–Kier alpha value is -2.55. The molecule has 0 saturated heterocycles. The lowest BCUT2D eigenvalue weighted by molar-refractivity contribution is -0.116. The number of thiazole rings is 1. The van der Waals surface area contributed by atoms with Crippen molar-refractivity contribution in [3.63, 3.8) is 0 Å². The minimum absolute atomic E-state index is 0.117. The maximum Gasteiger partial charge on any atom is 0.247 e. The SMILES string of the molecule is CCCn1cc(NC(=O)Cn2cc(-c3nccs3)cn2)nn1. The molecule has 0 spiro atoms. The Labute approximate surface area is 130 Å². The number of carbonyl (C=O) groups is 1. The van der Waals surface area contributed by atoms with Crippen molar-refractivity contribution in [1.82, 2.24) is 29.8 Å². The van der Waals surface area contributed by atoms with Gasteiger partial charge in [0.15, 0.2) is 5.82 Å². The Morgan fingerprint density at radius 3 is 3.05 bits per heavy atom. The molecule has 0 aromatic carbocycles. The van der Waals surface area contributed by atoms with Crippen LogP contribution in [-0.2, 0) is 17.9 Å². The zero-order chi connectivity index (χ0) is 15.4. The predicted molar refractivity (Wildman–Crippen MR) is 82.3 cm³/mol. The first-order chi connectivity index (χ1) is 10.7. The third-order valence-corrected chi connectivity index (χ3v) is 3.70. The van der Waals surface area contributed by atoms with E-state index >= 15 is 0 Å². The van der Waals surface area contributed by atoms with E-state index in [1.54, 1.807) is 34.2 Å². The number of nitrogens with one attached hydrogen (secondary N) is 1. The third kappa shape index (κ3) is 3.37. The maximum absolute atomic E-state index is 12.0. The van der Waals surface area contributed by atoms with E-state index in [0.29, 0.717) is 5.82 Å². The zero-order valence-electron chi connectivity index (χ0n) is 12.0. The van der Waals surface area contributed by atoms with Gasteiger partial charge in [-0.1, -0.05) is 12.1 Å². The molecular formula is C13H15N7OS. The number of anilines is 1. The first-order valence-corrected chi connectivity index (χ1v) is 7.75. The van der Waals surface area contributed by atoms with Crippen molar-refractivity contribution in [2.75, 3.05) is 5.32 Å². The van der Waals surface area contributed by atoms with Gasteiger partial charge in [0.05, 0.1) is 12.4 Å². The normalized spacial score (nSPS) is 10.8. The molecule has 3 rings (SSSR count). The number of hydrogen-bond acceptors (Lipinski definition) is 6. The molecule has 9 heteroatoms. The summed E-state index contributed by atoms with van der Waals surface area (Å²) in [6, 6.07) is 0. The monoisotopic (exact) mass is 317 g/mol. The number of rotatable bonds is 6. The van der Waals surface area contributed by atoms with Crippen LogP contribution in [0, 0.1) is 0 Å². The van der Waals surface area contributed by atoms with Crippen molar-refractivity contribution >= 4 is 23.1 Å². The summed E-state index contributed by atoms with van der Waals surface area (Å²) >= 11 is 1.53. The second-order valence-corrected chi connectivity index (χ2v) is 5.57. The molecule has 0 atom stereocenters. The molecule has 0 aliphatic heterocycles. The molecule has 3 heterocycles. The van der Waals surface area contributed by atoms with Crippen LogP contribution in [-0.4, -0.2) is 35.7 Å². The molecule has 3 aromatic rings. The van der Waals surface area contributed by atoms with Crippen molar-refractivity contribution in [3.05, 3.63) is 30.2 Å². The molecule has 0 radical (unpaired) electrons. The molecule has 0 unspecified atom stereocenters. The van der Waals surface area contributed by atoms with Crippen LogP contribution >= 0.6 is 11.3 Å². The van der Waals surface area contributed by atoms with E-state index in [4.69, 9.17) is 0 Å². The predicted octanol–water partition coefficient (Wildman–Crippen LogP) is 1.65. The molecule has 1 amide bonds. The van der Waals surface area contributed by atoms with E-state index in [9.17, 15) is 4.79 Å². The topological polar surface area (TPSA) is 90.5 Å². The molecule has 1 N–H and O–H groups in total. The average Bonchev–Trinajstić information content (AvgIpc) is 3.20. The van der Waals surface area contributed by atoms with Gasteiger partial charge in [-0.25, -0.2) is 4.98 Å². The Morgan fingerprint density at radius 1 is 1.36 bits per heavy atom. The number of nitrogens with zero attached hydrogens (tertiary/aromatic N) is 6. The first kappa shape index (κ1) is 14.4. The molecular weight excluding hydrogens is 302 g/mol. The number of carbonyl (C=O) groups excluding carboxylic acids is 1. The highest BCUT2D eigenvalue weighted by molar-refractivity contribution is 7.13. The highest BCUT2D eigenvalue weighted by Crippen LogP contribution is 2.20. The Morgan fingerprint density at radius 2 is 2.27 bits per heavy atom. The molecule has 8 nitrogen and oxygen atoms in total. The van der Waals surface area contributed by atoms with E-state index in [0.717, 1.165) is 23.5 Å². The third-order valence-electron chi connectivity index (χ3n) is 2.88. The second kappa shape index (κ2) is 6.48. The van der Waals surface area contributed by atoms with Crippen molar-refractivity contribution in [2.45, 2.75) is 26.4 Å². The van der Waals surface area contributed by atoms with Crippen LogP contribution < -0.4 is 5.32 Å². The van der Waals surface area contributed by atoms with Crippen molar-refractivity contribution in [2.24, 2.45) is 0 Å². The van der Waals surface area contributed by atoms with Gasteiger partial charge in [0, 0.05) is 29.9 Å². The average molecular weight is 317 g/mol. The minimum atomic E-state index is -0.197. The summed E-state index contributed by atoms with van der Waals surface area (Å²) < 4.78 is 3.27. The number of aryl methyl sites for hydroxylation is 1. The van der Waals surface area contributed by atoms with Gasteiger partial charge in [-0.2, -0.15) is 5.10 Å². The summed E-state index contributed by atoms with van der Waals surface area (Å²) in [5.41, 5.74) is 0.900. The van der Waals surface area contributed by atoms with Crippen LogP contribution in [0.1, 0.15) is 13.3 Å². The minimum Gasteiger partial charge on any atom is -0.306 e. The van der Waals surface area contributed by atoms with Gasteiger partial charge in [-0.3, -0.25) is 14.2 Å². The maximum atomic E-state index is 12.0. The lowest BCUT2D eigenvalue weighted by Gasteiger charge is -2.01. The van der Waals surface area contributed by atoms with Gasteiger partial charge in [0.2, 0.25) is 5.91 Å². The number of hydrogen-bond donors (Lipinski definition) is 1. The summed E-state index contributed by atoms with van der Waals surface area (Å²) in [5.74, 6) is 0.253. The fraction of sp³-hybridized carbons (Fsp3) is 0.308. The van der Waals surface area contributed by atoms with Gasteiger partial charge < -0.3 is 5.32 Å². The molecule has 114 valence electrons. The van der Waals surface area contributed by atoms with Gasteiger partial charge in [0.1, 0.15) is 11.6 Å². The molecule has 0 fully saturated rings. The molecule has 0 aliphatic rings. The highest BCUT2D eigenvalue weighted by Gasteiger charge is 2.09. The standard InChI is InChI=1S/C13H15N7OS/c1-2-4-19-8-11(17-18-19)16-12(21)9-20-7-10(6-15-20)13-14-3-5-22-13/h3,5-8H,2,4,9H2,1H3,(H,16,21). The van der Waals surface area contributed by atoms with Crippen LogP contribution in [0.25, 0.3) is 10.6 Å². The van der Waals surface area contributed by atoms with Crippen LogP contribution in [0.5, 0.6) is 0 Å². The largest absolute Gasteiger partial charge is 0.306 e. The van der Waals surface area contributed by atoms with Crippen molar-refractivity contribution in [3.8, 4) is 10.6 Å². The number of aromatic nitrogens is 6. The second-order valence-electron chi connectivity index (χ2n) is 4.68. The lowest BCUT2D eigenvalue weighted by atomic mass is 10.4. The molecule has 3 aromatic heterocycles. The fourth-order valence-corrected chi connectivity index (χ4v) is 2.56. The Balaban J connectivity index is 1.59. The quantitative estimate of drug-likeness (QED) is 0.746. The van der Waals surface area contributed by atoms with Crippen LogP contribution in [0.2, 0.25) is 0 Å². The van der Waals surface area contributed by atoms with Crippen LogP contribution in [0.3, 0.4) is 0 Å².